The van der Waals surface area contributed by atoms with Gasteiger partial charge in [0.1, 0.15) is 11.3 Å². The molecule has 0 fully saturated rings. The highest BCUT2D eigenvalue weighted by atomic mass is 35.5. The van der Waals surface area contributed by atoms with Gasteiger partial charge in [0.25, 0.3) is 0 Å². The first-order valence-corrected chi connectivity index (χ1v) is 7.59. The minimum absolute atomic E-state index is 0.388. The van der Waals surface area contributed by atoms with Crippen molar-refractivity contribution in [3.63, 3.8) is 0 Å². The Labute approximate surface area is 142 Å². The molecule has 0 spiro atoms. The lowest BCUT2D eigenvalue weighted by atomic mass is 9.95. The van der Waals surface area contributed by atoms with E-state index in [9.17, 15) is 4.39 Å². The largest absolute Gasteiger partial charge is 0.248 e. The Morgan fingerprint density at radius 1 is 1.17 bits per heavy atom. The van der Waals surface area contributed by atoms with Crippen LogP contribution in [-0.4, -0.2) is 9.97 Å². The normalized spacial score (nSPS) is 11.3. The van der Waals surface area contributed by atoms with E-state index >= 15 is 0 Å². The van der Waals surface area contributed by atoms with Crippen molar-refractivity contribution in [2.24, 2.45) is 5.11 Å². The zero-order chi connectivity index (χ0) is 17.3. The van der Waals surface area contributed by atoms with Crippen molar-refractivity contribution in [1.29, 1.82) is 0 Å². The minimum Gasteiger partial charge on any atom is -0.248 e. The van der Waals surface area contributed by atoms with Gasteiger partial charge in [-0.05, 0) is 43.6 Å². The van der Waals surface area contributed by atoms with Crippen molar-refractivity contribution in [3.05, 3.63) is 69.4 Å². The second-order valence-corrected chi connectivity index (χ2v) is 6.19. The first-order chi connectivity index (χ1) is 11.4. The summed E-state index contributed by atoms with van der Waals surface area (Å²) in [5.74, 6) is -0.388. The van der Waals surface area contributed by atoms with Gasteiger partial charge in [0.2, 0.25) is 0 Å². The summed E-state index contributed by atoms with van der Waals surface area (Å²) in [5, 5.41) is 4.27. The summed E-state index contributed by atoms with van der Waals surface area (Å²) in [7, 11) is 0. The summed E-state index contributed by atoms with van der Waals surface area (Å²) in [4.78, 5) is 12.1. The van der Waals surface area contributed by atoms with Crippen molar-refractivity contribution >= 4 is 22.6 Å². The maximum Gasteiger partial charge on any atom is 0.123 e. The van der Waals surface area contributed by atoms with Gasteiger partial charge in [-0.15, -0.1) is 0 Å². The van der Waals surface area contributed by atoms with Crippen molar-refractivity contribution in [3.8, 4) is 11.3 Å². The Morgan fingerprint density at radius 2 is 1.92 bits per heavy atom. The fraction of sp³-hybridized carbons (Fsp3) is 0.176. The van der Waals surface area contributed by atoms with Crippen molar-refractivity contribution < 1.29 is 4.39 Å². The van der Waals surface area contributed by atoms with Crippen LogP contribution in [0.2, 0.25) is 5.02 Å². The predicted molar refractivity (Wildman–Crippen MR) is 92.1 cm³/mol. The van der Waals surface area contributed by atoms with Crippen LogP contribution in [0.1, 0.15) is 19.5 Å². The zero-order valence-electron chi connectivity index (χ0n) is 13.0. The second kappa shape index (κ2) is 6.07. The summed E-state index contributed by atoms with van der Waals surface area (Å²) in [6.45, 7) is 3.46. The van der Waals surface area contributed by atoms with Gasteiger partial charge in [0.15, 0.2) is 0 Å². The number of nitrogens with zero attached hydrogens (tertiary/aromatic N) is 5. The summed E-state index contributed by atoms with van der Waals surface area (Å²) in [5.41, 5.74) is 10.4. The van der Waals surface area contributed by atoms with Crippen LogP contribution in [0.3, 0.4) is 0 Å². The number of hydrogen-bond acceptors (Lipinski definition) is 3. The molecule has 0 saturated carbocycles. The molecule has 0 saturated heterocycles. The predicted octanol–water partition coefficient (Wildman–Crippen LogP) is 5.63. The molecule has 1 aromatic heterocycles. The minimum atomic E-state index is -0.958. The Kier molecular flexibility index (Phi) is 4.09. The van der Waals surface area contributed by atoms with Gasteiger partial charge in [0.05, 0.1) is 27.5 Å². The molecule has 0 atom stereocenters. The number of rotatable bonds is 3. The van der Waals surface area contributed by atoms with E-state index in [0.717, 1.165) is 0 Å². The van der Waals surface area contributed by atoms with Crippen LogP contribution in [0.4, 0.5) is 4.39 Å². The molecule has 0 aliphatic rings. The number of azide groups is 1. The van der Waals surface area contributed by atoms with Crippen LogP contribution in [-0.2, 0) is 5.54 Å². The second-order valence-electron chi connectivity index (χ2n) is 5.79. The van der Waals surface area contributed by atoms with Gasteiger partial charge in [-0.2, -0.15) is 0 Å². The number of halogens is 2. The molecule has 24 heavy (non-hydrogen) atoms. The molecule has 0 aliphatic carbocycles. The molecule has 3 rings (SSSR count). The average molecular weight is 342 g/mol. The van der Waals surface area contributed by atoms with Crippen LogP contribution in [0, 0.1) is 5.82 Å². The molecular weight excluding hydrogens is 329 g/mol. The van der Waals surface area contributed by atoms with Gasteiger partial charge in [0, 0.05) is 10.5 Å². The molecule has 0 aliphatic heterocycles. The summed E-state index contributed by atoms with van der Waals surface area (Å²) >= 11 is 6.22. The third kappa shape index (κ3) is 2.89. The first kappa shape index (κ1) is 16.2. The molecule has 2 aromatic carbocycles. The Morgan fingerprint density at radius 3 is 2.62 bits per heavy atom. The van der Waals surface area contributed by atoms with Crippen molar-refractivity contribution in [2.75, 3.05) is 0 Å². The number of aromatic nitrogens is 2. The van der Waals surface area contributed by atoms with E-state index in [1.165, 1.54) is 12.1 Å². The molecule has 120 valence electrons. The Bertz CT molecular complexity index is 980. The van der Waals surface area contributed by atoms with Gasteiger partial charge in [-0.1, -0.05) is 34.9 Å². The maximum absolute atomic E-state index is 13.7. The third-order valence-corrected chi connectivity index (χ3v) is 3.92. The standard InChI is InChI=1S/C17H13ClFN5/c1-17(2,23-24-20)16-14(10-5-3-6-11(19)9-10)22-15-12(18)7-4-8-13(15)21-16/h3-9H,1-2H3. The maximum atomic E-state index is 13.7. The SMILES string of the molecule is CC(C)(N=[N+]=[N-])c1nc2cccc(Cl)c2nc1-c1cccc(F)c1. The van der Waals surface area contributed by atoms with E-state index in [2.05, 4.69) is 20.0 Å². The van der Waals surface area contributed by atoms with Crippen LogP contribution in [0.15, 0.2) is 47.6 Å². The molecule has 1 heterocycles. The van der Waals surface area contributed by atoms with E-state index in [1.807, 2.05) is 0 Å². The van der Waals surface area contributed by atoms with Crippen LogP contribution < -0.4 is 0 Å². The van der Waals surface area contributed by atoms with Crippen LogP contribution in [0.25, 0.3) is 32.7 Å². The van der Waals surface area contributed by atoms with Crippen LogP contribution >= 0.6 is 11.6 Å². The van der Waals surface area contributed by atoms with Gasteiger partial charge >= 0.3 is 0 Å². The quantitative estimate of drug-likeness (QED) is 0.351. The summed E-state index contributed by atoms with van der Waals surface area (Å²) < 4.78 is 13.7. The number of para-hydroxylation sites is 1. The van der Waals surface area contributed by atoms with E-state index < -0.39 is 5.54 Å². The lowest BCUT2D eigenvalue weighted by Crippen LogP contribution is -2.17. The third-order valence-electron chi connectivity index (χ3n) is 3.62. The number of fused-ring (bicyclic) bond motifs is 1. The molecular formula is C17H13ClFN5. The molecule has 0 N–H and O–H groups in total. The zero-order valence-corrected chi connectivity index (χ0v) is 13.8. The van der Waals surface area contributed by atoms with E-state index in [-0.39, 0.29) is 5.82 Å². The highest BCUT2D eigenvalue weighted by molar-refractivity contribution is 6.34. The highest BCUT2D eigenvalue weighted by Crippen LogP contribution is 2.34. The van der Waals surface area contributed by atoms with E-state index in [1.54, 1.807) is 44.2 Å². The topological polar surface area (TPSA) is 74.5 Å². The molecule has 0 radical (unpaired) electrons. The van der Waals surface area contributed by atoms with Gasteiger partial charge in [-0.3, -0.25) is 0 Å². The molecule has 3 aromatic rings. The molecule has 5 nitrogen and oxygen atoms in total. The lowest BCUT2D eigenvalue weighted by Gasteiger charge is -2.21. The van der Waals surface area contributed by atoms with E-state index in [0.29, 0.717) is 33.0 Å². The summed E-state index contributed by atoms with van der Waals surface area (Å²) in [6, 6.07) is 11.3. The highest BCUT2D eigenvalue weighted by Gasteiger charge is 2.27. The molecule has 0 unspecified atom stereocenters. The number of benzene rings is 2. The van der Waals surface area contributed by atoms with Gasteiger partial charge in [-0.25, -0.2) is 14.4 Å². The van der Waals surface area contributed by atoms with Crippen molar-refractivity contribution in [1.82, 2.24) is 9.97 Å². The molecule has 0 amide bonds. The molecule has 7 heteroatoms. The summed E-state index contributed by atoms with van der Waals surface area (Å²) in [6.07, 6.45) is 0. The van der Waals surface area contributed by atoms with Crippen LogP contribution in [0.5, 0.6) is 0 Å². The fourth-order valence-corrected chi connectivity index (χ4v) is 2.68. The average Bonchev–Trinajstić information content (AvgIpc) is 2.54. The first-order valence-electron chi connectivity index (χ1n) is 7.21. The lowest BCUT2D eigenvalue weighted by molar-refractivity contribution is 0.533. The van der Waals surface area contributed by atoms with E-state index in [4.69, 9.17) is 17.1 Å². The van der Waals surface area contributed by atoms with Crippen molar-refractivity contribution in [2.45, 2.75) is 19.4 Å². The fourth-order valence-electron chi connectivity index (χ4n) is 2.47. The Balaban J connectivity index is 2.40. The monoisotopic (exact) mass is 341 g/mol. The van der Waals surface area contributed by atoms with Gasteiger partial charge < -0.3 is 0 Å². The number of hydrogen-bond donors (Lipinski definition) is 0. The Hall–Kier alpha value is -2.69. The molecule has 0 bridgehead atoms. The smallest absolute Gasteiger partial charge is 0.123 e.